The van der Waals surface area contributed by atoms with Gasteiger partial charge < -0.3 is 9.84 Å². The Balaban J connectivity index is 1.91. The van der Waals surface area contributed by atoms with Crippen LogP contribution in [-0.4, -0.2) is 11.2 Å². The molecular formula is C15H15NO3. The van der Waals surface area contributed by atoms with E-state index in [1.165, 1.54) is 6.07 Å². The normalized spacial score (nSPS) is 9.95. The zero-order valence-corrected chi connectivity index (χ0v) is 10.6. The van der Waals surface area contributed by atoms with E-state index in [2.05, 4.69) is 5.32 Å². The van der Waals surface area contributed by atoms with Crippen molar-refractivity contribution in [2.75, 3.05) is 5.32 Å². The SMILES string of the molecule is Cc1cc(O)cc(NC(=O)OCc2ccccc2)c1. The summed E-state index contributed by atoms with van der Waals surface area (Å²) in [6.45, 7) is 2.05. The van der Waals surface area contributed by atoms with E-state index in [-0.39, 0.29) is 12.4 Å². The lowest BCUT2D eigenvalue weighted by molar-refractivity contribution is 0.155. The number of amides is 1. The van der Waals surface area contributed by atoms with Gasteiger partial charge in [0.1, 0.15) is 12.4 Å². The number of anilines is 1. The molecule has 0 atom stereocenters. The van der Waals surface area contributed by atoms with Crippen molar-refractivity contribution in [3.05, 3.63) is 59.7 Å². The van der Waals surface area contributed by atoms with Crippen LogP contribution in [0.5, 0.6) is 5.75 Å². The third-order valence-electron chi connectivity index (χ3n) is 2.52. The van der Waals surface area contributed by atoms with Gasteiger partial charge in [-0.1, -0.05) is 30.3 Å². The lowest BCUT2D eigenvalue weighted by Gasteiger charge is -2.08. The van der Waals surface area contributed by atoms with Gasteiger partial charge in [0.15, 0.2) is 0 Å². The van der Waals surface area contributed by atoms with Crippen molar-refractivity contribution in [1.29, 1.82) is 0 Å². The van der Waals surface area contributed by atoms with Gasteiger partial charge in [0, 0.05) is 11.8 Å². The predicted molar refractivity (Wildman–Crippen MR) is 73.1 cm³/mol. The summed E-state index contributed by atoms with van der Waals surface area (Å²) >= 11 is 0. The van der Waals surface area contributed by atoms with Crippen molar-refractivity contribution >= 4 is 11.8 Å². The molecule has 0 aliphatic carbocycles. The van der Waals surface area contributed by atoms with Crippen LogP contribution in [0.25, 0.3) is 0 Å². The Morgan fingerprint density at radius 1 is 1.21 bits per heavy atom. The van der Waals surface area contributed by atoms with Crippen LogP contribution in [0.1, 0.15) is 11.1 Å². The first kappa shape index (κ1) is 13.0. The summed E-state index contributed by atoms with van der Waals surface area (Å²) in [6.07, 6.45) is -0.547. The van der Waals surface area contributed by atoms with Gasteiger partial charge in [-0.3, -0.25) is 5.32 Å². The van der Waals surface area contributed by atoms with Gasteiger partial charge >= 0.3 is 6.09 Å². The average Bonchev–Trinajstić information content (AvgIpc) is 2.36. The Morgan fingerprint density at radius 2 is 1.95 bits per heavy atom. The Bertz CT molecular complexity index is 547. The van der Waals surface area contributed by atoms with E-state index >= 15 is 0 Å². The summed E-state index contributed by atoms with van der Waals surface area (Å²) in [5, 5.41) is 12.0. The molecule has 19 heavy (non-hydrogen) atoms. The molecule has 2 rings (SSSR count). The van der Waals surface area contributed by atoms with Crippen molar-refractivity contribution in [2.24, 2.45) is 0 Å². The number of hydrogen-bond acceptors (Lipinski definition) is 3. The quantitative estimate of drug-likeness (QED) is 0.885. The van der Waals surface area contributed by atoms with Crippen LogP contribution in [0.3, 0.4) is 0 Å². The molecule has 0 saturated heterocycles. The molecule has 2 aromatic rings. The van der Waals surface area contributed by atoms with E-state index in [0.717, 1.165) is 11.1 Å². The zero-order valence-electron chi connectivity index (χ0n) is 10.6. The van der Waals surface area contributed by atoms with Gasteiger partial charge in [-0.2, -0.15) is 0 Å². The monoisotopic (exact) mass is 257 g/mol. The molecular weight excluding hydrogens is 242 g/mol. The molecule has 0 unspecified atom stereocenters. The minimum atomic E-state index is -0.547. The molecule has 2 N–H and O–H groups in total. The number of phenolic OH excluding ortho intramolecular Hbond substituents is 1. The molecule has 0 heterocycles. The third-order valence-corrected chi connectivity index (χ3v) is 2.52. The van der Waals surface area contributed by atoms with Crippen molar-refractivity contribution in [1.82, 2.24) is 0 Å². The molecule has 0 saturated carbocycles. The summed E-state index contributed by atoms with van der Waals surface area (Å²) < 4.78 is 5.08. The number of rotatable bonds is 3. The van der Waals surface area contributed by atoms with Crippen molar-refractivity contribution in [3.63, 3.8) is 0 Å². The highest BCUT2D eigenvalue weighted by molar-refractivity contribution is 5.85. The van der Waals surface area contributed by atoms with Crippen LogP contribution in [0.4, 0.5) is 10.5 Å². The first-order valence-corrected chi connectivity index (χ1v) is 5.92. The van der Waals surface area contributed by atoms with E-state index in [0.29, 0.717) is 5.69 Å². The Labute approximate surface area is 111 Å². The summed E-state index contributed by atoms with van der Waals surface area (Å²) in [4.78, 5) is 11.6. The van der Waals surface area contributed by atoms with Crippen molar-refractivity contribution in [3.8, 4) is 5.75 Å². The molecule has 2 aromatic carbocycles. The van der Waals surface area contributed by atoms with Crippen molar-refractivity contribution in [2.45, 2.75) is 13.5 Å². The molecule has 0 aliphatic heterocycles. The number of nitrogens with one attached hydrogen (secondary N) is 1. The van der Waals surface area contributed by atoms with Crippen LogP contribution < -0.4 is 5.32 Å². The number of hydrogen-bond donors (Lipinski definition) is 2. The summed E-state index contributed by atoms with van der Waals surface area (Å²) in [5.41, 5.74) is 2.29. The molecule has 98 valence electrons. The Morgan fingerprint density at radius 3 is 2.63 bits per heavy atom. The number of carbonyl (C=O) groups excluding carboxylic acids is 1. The largest absolute Gasteiger partial charge is 0.508 e. The van der Waals surface area contributed by atoms with Crippen LogP contribution in [-0.2, 0) is 11.3 Å². The second-order valence-corrected chi connectivity index (χ2v) is 4.24. The van der Waals surface area contributed by atoms with Gasteiger partial charge in [-0.05, 0) is 30.2 Å². The molecule has 1 amide bonds. The van der Waals surface area contributed by atoms with Gasteiger partial charge in [0.25, 0.3) is 0 Å². The number of benzene rings is 2. The third kappa shape index (κ3) is 4.03. The van der Waals surface area contributed by atoms with E-state index in [9.17, 15) is 9.90 Å². The molecule has 0 spiro atoms. The topological polar surface area (TPSA) is 58.6 Å². The van der Waals surface area contributed by atoms with E-state index in [1.54, 1.807) is 12.1 Å². The van der Waals surface area contributed by atoms with Gasteiger partial charge in [0.05, 0.1) is 0 Å². The second-order valence-electron chi connectivity index (χ2n) is 4.24. The number of ether oxygens (including phenoxy) is 1. The van der Waals surface area contributed by atoms with Gasteiger partial charge in [-0.15, -0.1) is 0 Å². The maximum atomic E-state index is 11.6. The smallest absolute Gasteiger partial charge is 0.411 e. The molecule has 4 heteroatoms. The van der Waals surface area contributed by atoms with Crippen LogP contribution >= 0.6 is 0 Å². The lowest BCUT2D eigenvalue weighted by Crippen LogP contribution is -2.13. The fourth-order valence-corrected chi connectivity index (χ4v) is 1.71. The molecule has 0 bridgehead atoms. The summed E-state index contributed by atoms with van der Waals surface area (Å²) in [5.74, 6) is 0.110. The number of phenols is 1. The van der Waals surface area contributed by atoms with E-state index in [4.69, 9.17) is 4.74 Å². The lowest BCUT2D eigenvalue weighted by atomic mass is 10.2. The maximum absolute atomic E-state index is 11.6. The standard InChI is InChI=1S/C15H15NO3/c1-11-7-13(9-14(17)8-11)16-15(18)19-10-12-5-3-2-4-6-12/h2-9,17H,10H2,1H3,(H,16,18). The van der Waals surface area contributed by atoms with Gasteiger partial charge in [-0.25, -0.2) is 4.79 Å². The Kier molecular flexibility index (Phi) is 4.03. The highest BCUT2D eigenvalue weighted by Gasteiger charge is 2.05. The van der Waals surface area contributed by atoms with Crippen LogP contribution in [0.15, 0.2) is 48.5 Å². The average molecular weight is 257 g/mol. The number of carbonyl (C=O) groups is 1. The molecule has 0 radical (unpaired) electrons. The summed E-state index contributed by atoms with van der Waals surface area (Å²) in [7, 11) is 0. The fraction of sp³-hybridized carbons (Fsp3) is 0.133. The predicted octanol–water partition coefficient (Wildman–Crippen LogP) is 3.45. The van der Waals surface area contributed by atoms with Crippen LogP contribution in [0, 0.1) is 6.92 Å². The highest BCUT2D eigenvalue weighted by atomic mass is 16.5. The van der Waals surface area contributed by atoms with E-state index in [1.807, 2.05) is 37.3 Å². The first-order chi connectivity index (χ1) is 9.13. The fourth-order valence-electron chi connectivity index (χ4n) is 1.71. The first-order valence-electron chi connectivity index (χ1n) is 5.92. The molecule has 0 aromatic heterocycles. The molecule has 0 aliphatic rings. The molecule has 0 fully saturated rings. The Hall–Kier alpha value is -2.49. The molecule has 4 nitrogen and oxygen atoms in total. The number of aromatic hydroxyl groups is 1. The second kappa shape index (κ2) is 5.91. The van der Waals surface area contributed by atoms with Gasteiger partial charge in [0.2, 0.25) is 0 Å². The van der Waals surface area contributed by atoms with Crippen molar-refractivity contribution < 1.29 is 14.6 Å². The number of aryl methyl sites for hydroxylation is 1. The van der Waals surface area contributed by atoms with Crippen LogP contribution in [0.2, 0.25) is 0 Å². The zero-order chi connectivity index (χ0) is 13.7. The minimum absolute atomic E-state index is 0.110. The van der Waals surface area contributed by atoms with E-state index < -0.39 is 6.09 Å². The summed E-state index contributed by atoms with van der Waals surface area (Å²) in [6, 6.07) is 14.3. The highest BCUT2D eigenvalue weighted by Crippen LogP contribution is 2.19. The minimum Gasteiger partial charge on any atom is -0.508 e. The maximum Gasteiger partial charge on any atom is 0.411 e.